The van der Waals surface area contributed by atoms with Crippen LogP contribution < -0.4 is 5.43 Å². The maximum absolute atomic E-state index is 10.3. The van der Waals surface area contributed by atoms with E-state index in [9.17, 15) is 4.79 Å². The fourth-order valence-corrected chi connectivity index (χ4v) is 0.980. The first-order valence-corrected chi connectivity index (χ1v) is 3.91. The molecule has 0 spiro atoms. The van der Waals surface area contributed by atoms with Crippen LogP contribution in [0, 0.1) is 0 Å². The Morgan fingerprint density at radius 1 is 1.91 bits per heavy atom. The smallest absolute Gasteiger partial charge is 0.236 e. The third kappa shape index (κ3) is 2.90. The number of rotatable bonds is 2. The minimum absolute atomic E-state index is 0.184. The lowest BCUT2D eigenvalue weighted by atomic mass is 10.6. The Labute approximate surface area is 68.0 Å². The van der Waals surface area contributed by atoms with Crippen LogP contribution in [0.2, 0.25) is 0 Å². The molecule has 0 radical (unpaired) electrons. The van der Waals surface area contributed by atoms with E-state index in [1.54, 1.807) is 5.51 Å². The fraction of sp³-hybridized carbons (Fsp3) is 0.167. The first-order chi connectivity index (χ1) is 5.29. The molecule has 0 bridgehead atoms. The van der Waals surface area contributed by atoms with E-state index in [4.69, 9.17) is 0 Å². The Bertz CT molecular complexity index is 255. The quantitative estimate of drug-likeness (QED) is 0.521. The summed E-state index contributed by atoms with van der Waals surface area (Å²) in [5.41, 5.74) is 4.74. The molecule has 1 N–H and O–H groups in total. The van der Waals surface area contributed by atoms with Crippen LogP contribution in [-0.4, -0.2) is 17.1 Å². The number of hydrogen-bond donors (Lipinski definition) is 1. The molecule has 11 heavy (non-hydrogen) atoms. The topological polar surface area (TPSA) is 54.4 Å². The largest absolute Gasteiger partial charge is 0.274 e. The van der Waals surface area contributed by atoms with Gasteiger partial charge in [0.1, 0.15) is 0 Å². The monoisotopic (exact) mass is 169 g/mol. The second-order valence-corrected chi connectivity index (χ2v) is 2.56. The molecule has 1 aromatic rings. The minimum Gasteiger partial charge on any atom is -0.274 e. The molecule has 1 aromatic heterocycles. The number of amides is 1. The van der Waals surface area contributed by atoms with Crippen LogP contribution in [0.3, 0.4) is 0 Å². The Morgan fingerprint density at radius 3 is 3.27 bits per heavy atom. The predicted molar refractivity (Wildman–Crippen MR) is 43.5 cm³/mol. The van der Waals surface area contributed by atoms with Crippen molar-refractivity contribution in [2.24, 2.45) is 5.10 Å². The van der Waals surface area contributed by atoms with Gasteiger partial charge in [-0.05, 0) is 0 Å². The third-order valence-electron chi connectivity index (χ3n) is 0.870. The van der Waals surface area contributed by atoms with E-state index in [0.717, 1.165) is 5.69 Å². The summed E-state index contributed by atoms with van der Waals surface area (Å²) in [5, 5.41) is 5.47. The molecule has 0 atom stereocenters. The highest BCUT2D eigenvalue weighted by molar-refractivity contribution is 7.07. The van der Waals surface area contributed by atoms with Crippen LogP contribution >= 0.6 is 11.3 Å². The number of nitrogens with zero attached hydrogens (tertiary/aromatic N) is 2. The van der Waals surface area contributed by atoms with E-state index in [-0.39, 0.29) is 5.91 Å². The van der Waals surface area contributed by atoms with Gasteiger partial charge < -0.3 is 0 Å². The van der Waals surface area contributed by atoms with Crippen LogP contribution in [0.5, 0.6) is 0 Å². The third-order valence-corrected chi connectivity index (χ3v) is 1.47. The van der Waals surface area contributed by atoms with Crippen molar-refractivity contribution in [2.75, 3.05) is 0 Å². The molecular formula is C6H7N3OS. The van der Waals surface area contributed by atoms with Crippen molar-refractivity contribution in [3.05, 3.63) is 16.6 Å². The van der Waals surface area contributed by atoms with E-state index in [1.807, 2.05) is 5.38 Å². The molecule has 0 saturated carbocycles. The zero-order valence-electron chi connectivity index (χ0n) is 5.94. The molecule has 1 rings (SSSR count). The number of carbonyl (C=O) groups excluding carboxylic acids is 1. The number of thiazole rings is 1. The summed E-state index contributed by atoms with van der Waals surface area (Å²) in [5.74, 6) is -0.184. The molecule has 0 saturated heterocycles. The summed E-state index contributed by atoms with van der Waals surface area (Å²) in [6, 6.07) is 0. The van der Waals surface area contributed by atoms with Crippen molar-refractivity contribution in [3.8, 4) is 0 Å². The van der Waals surface area contributed by atoms with E-state index >= 15 is 0 Å². The van der Waals surface area contributed by atoms with Gasteiger partial charge in [-0.1, -0.05) is 0 Å². The van der Waals surface area contributed by atoms with Gasteiger partial charge in [0, 0.05) is 12.3 Å². The standard InChI is InChI=1S/C6H7N3OS/c1-5(10)9-8-2-6-3-11-4-7-6/h2-4H,1H3,(H,9,10)/b8-2+. The van der Waals surface area contributed by atoms with Gasteiger partial charge in [-0.3, -0.25) is 4.79 Å². The van der Waals surface area contributed by atoms with Crippen molar-refractivity contribution in [3.63, 3.8) is 0 Å². The number of hydrazone groups is 1. The minimum atomic E-state index is -0.184. The zero-order chi connectivity index (χ0) is 8.10. The van der Waals surface area contributed by atoms with E-state index in [2.05, 4.69) is 15.5 Å². The molecule has 1 amide bonds. The number of carbonyl (C=O) groups is 1. The maximum atomic E-state index is 10.3. The first-order valence-electron chi connectivity index (χ1n) is 2.97. The Kier molecular flexibility index (Phi) is 2.74. The highest BCUT2D eigenvalue weighted by Crippen LogP contribution is 1.96. The normalized spacial score (nSPS) is 10.3. The zero-order valence-corrected chi connectivity index (χ0v) is 6.76. The average Bonchev–Trinajstić information content (AvgIpc) is 2.39. The van der Waals surface area contributed by atoms with Gasteiger partial charge in [0.25, 0.3) is 0 Å². The SMILES string of the molecule is CC(=O)N/N=C/c1cscn1. The fourth-order valence-electron chi connectivity index (χ4n) is 0.475. The van der Waals surface area contributed by atoms with Gasteiger partial charge in [0.15, 0.2) is 0 Å². The predicted octanol–water partition coefficient (Wildman–Crippen LogP) is 0.613. The van der Waals surface area contributed by atoms with Crippen LogP contribution in [0.4, 0.5) is 0 Å². The van der Waals surface area contributed by atoms with E-state index in [1.165, 1.54) is 24.5 Å². The molecular weight excluding hydrogens is 162 g/mol. The molecule has 5 heteroatoms. The lowest BCUT2D eigenvalue weighted by molar-refractivity contribution is -0.118. The summed E-state index contributed by atoms with van der Waals surface area (Å²) >= 11 is 1.48. The van der Waals surface area contributed by atoms with Gasteiger partial charge in [-0.25, -0.2) is 10.4 Å². The van der Waals surface area contributed by atoms with Crippen LogP contribution in [0.25, 0.3) is 0 Å². The molecule has 58 valence electrons. The van der Waals surface area contributed by atoms with Gasteiger partial charge in [0.2, 0.25) is 5.91 Å². The first kappa shape index (κ1) is 7.87. The van der Waals surface area contributed by atoms with E-state index < -0.39 is 0 Å². The van der Waals surface area contributed by atoms with E-state index in [0.29, 0.717) is 0 Å². The molecule has 1 heterocycles. The Hall–Kier alpha value is -1.23. The van der Waals surface area contributed by atoms with Gasteiger partial charge >= 0.3 is 0 Å². The van der Waals surface area contributed by atoms with Crippen molar-refractivity contribution in [1.82, 2.24) is 10.4 Å². The summed E-state index contributed by atoms with van der Waals surface area (Å²) in [6.45, 7) is 1.40. The molecule has 0 aliphatic heterocycles. The highest BCUT2D eigenvalue weighted by atomic mass is 32.1. The van der Waals surface area contributed by atoms with Gasteiger partial charge in [-0.2, -0.15) is 5.10 Å². The molecule has 4 nitrogen and oxygen atoms in total. The van der Waals surface area contributed by atoms with Crippen LogP contribution in [0.15, 0.2) is 16.0 Å². The second-order valence-electron chi connectivity index (χ2n) is 1.84. The number of aromatic nitrogens is 1. The summed E-state index contributed by atoms with van der Waals surface area (Å²) < 4.78 is 0. The lowest BCUT2D eigenvalue weighted by Gasteiger charge is -1.87. The van der Waals surface area contributed by atoms with Crippen molar-refractivity contribution in [2.45, 2.75) is 6.92 Å². The number of hydrogen-bond acceptors (Lipinski definition) is 4. The Balaban J connectivity index is 2.43. The molecule has 0 unspecified atom stereocenters. The maximum Gasteiger partial charge on any atom is 0.236 e. The van der Waals surface area contributed by atoms with Gasteiger partial charge in [0.05, 0.1) is 17.4 Å². The number of nitrogens with one attached hydrogen (secondary N) is 1. The highest BCUT2D eigenvalue weighted by Gasteiger charge is 1.87. The van der Waals surface area contributed by atoms with Crippen molar-refractivity contribution < 1.29 is 4.79 Å². The molecule has 0 aliphatic rings. The second kappa shape index (κ2) is 3.82. The van der Waals surface area contributed by atoms with Crippen molar-refractivity contribution >= 4 is 23.5 Å². The summed E-state index contributed by atoms with van der Waals surface area (Å²) in [4.78, 5) is 14.3. The van der Waals surface area contributed by atoms with Crippen molar-refractivity contribution in [1.29, 1.82) is 0 Å². The molecule has 0 aliphatic carbocycles. The Morgan fingerprint density at radius 2 is 2.73 bits per heavy atom. The molecule has 0 aromatic carbocycles. The summed E-state index contributed by atoms with van der Waals surface area (Å²) in [7, 11) is 0. The van der Waals surface area contributed by atoms with Gasteiger partial charge in [-0.15, -0.1) is 11.3 Å². The molecule has 0 fully saturated rings. The summed E-state index contributed by atoms with van der Waals surface area (Å²) in [6.07, 6.45) is 1.50. The lowest BCUT2D eigenvalue weighted by Crippen LogP contribution is -2.12. The average molecular weight is 169 g/mol. The van der Waals surface area contributed by atoms with Crippen LogP contribution in [0.1, 0.15) is 12.6 Å². The van der Waals surface area contributed by atoms with Crippen LogP contribution in [-0.2, 0) is 4.79 Å².